The standard InChI is InChI=1S/C21H20N2O6/c1-3-10-28-18-17(25)16(13-24)29-20(18)23-12-15(4-2)19(26)22(21(23)27)11-14-8-6-5-7-9-14/h1-2,5-9,12,16-18,20,24-25H,10-11,13H2/t16-,17+,18?,20-/m1/s1. The van der Waals surface area contributed by atoms with E-state index in [0.717, 1.165) is 14.7 Å². The summed E-state index contributed by atoms with van der Waals surface area (Å²) in [4.78, 5) is 25.8. The van der Waals surface area contributed by atoms with E-state index >= 15 is 0 Å². The minimum atomic E-state index is -1.23. The molecule has 8 nitrogen and oxygen atoms in total. The van der Waals surface area contributed by atoms with Crippen LogP contribution in [0.3, 0.4) is 0 Å². The monoisotopic (exact) mass is 396 g/mol. The molecule has 1 saturated heterocycles. The lowest BCUT2D eigenvalue weighted by Crippen LogP contribution is -2.45. The van der Waals surface area contributed by atoms with Gasteiger partial charge in [0.1, 0.15) is 30.5 Å². The maximum absolute atomic E-state index is 13.1. The third-order valence-electron chi connectivity index (χ3n) is 4.66. The summed E-state index contributed by atoms with van der Waals surface area (Å²) in [5, 5.41) is 19.8. The predicted molar refractivity (Wildman–Crippen MR) is 104 cm³/mol. The molecular weight excluding hydrogens is 376 g/mol. The molecule has 0 radical (unpaired) electrons. The molecule has 1 aliphatic heterocycles. The van der Waals surface area contributed by atoms with E-state index in [-0.39, 0.29) is 18.7 Å². The summed E-state index contributed by atoms with van der Waals surface area (Å²) in [6.45, 7) is -0.628. The molecule has 2 N–H and O–H groups in total. The van der Waals surface area contributed by atoms with Crippen LogP contribution in [0.15, 0.2) is 46.1 Å². The molecule has 1 aliphatic rings. The highest BCUT2D eigenvalue weighted by molar-refractivity contribution is 5.27. The zero-order valence-electron chi connectivity index (χ0n) is 15.5. The molecule has 1 unspecified atom stereocenters. The van der Waals surface area contributed by atoms with Crippen molar-refractivity contribution in [2.45, 2.75) is 31.1 Å². The molecule has 1 fully saturated rings. The van der Waals surface area contributed by atoms with E-state index in [1.807, 2.05) is 6.07 Å². The van der Waals surface area contributed by atoms with Crippen molar-refractivity contribution in [1.29, 1.82) is 0 Å². The molecule has 1 aromatic carbocycles. The van der Waals surface area contributed by atoms with Crippen LogP contribution >= 0.6 is 0 Å². The van der Waals surface area contributed by atoms with E-state index in [9.17, 15) is 19.8 Å². The second-order valence-electron chi connectivity index (χ2n) is 6.47. The van der Waals surface area contributed by atoms with Crippen LogP contribution in [0.25, 0.3) is 0 Å². The van der Waals surface area contributed by atoms with Crippen molar-refractivity contribution in [3.63, 3.8) is 0 Å². The van der Waals surface area contributed by atoms with Crippen LogP contribution in [0, 0.1) is 24.7 Å². The molecule has 2 aromatic rings. The first-order valence-electron chi connectivity index (χ1n) is 8.87. The predicted octanol–water partition coefficient (Wildman–Crippen LogP) is -0.691. The number of aromatic nitrogens is 2. The summed E-state index contributed by atoms with van der Waals surface area (Å²) >= 11 is 0. The van der Waals surface area contributed by atoms with Gasteiger partial charge in [-0.15, -0.1) is 12.8 Å². The van der Waals surface area contributed by atoms with Gasteiger partial charge in [-0.1, -0.05) is 42.2 Å². The lowest BCUT2D eigenvalue weighted by molar-refractivity contribution is -0.0683. The number of nitrogens with zero attached hydrogens (tertiary/aromatic N) is 2. The number of terminal acetylenes is 2. The van der Waals surface area contributed by atoms with Gasteiger partial charge in [0.15, 0.2) is 6.23 Å². The largest absolute Gasteiger partial charge is 0.394 e. The Morgan fingerprint density at radius 2 is 1.93 bits per heavy atom. The Hall–Kier alpha value is -3.14. The zero-order chi connectivity index (χ0) is 21.0. The van der Waals surface area contributed by atoms with Gasteiger partial charge in [0.25, 0.3) is 5.56 Å². The van der Waals surface area contributed by atoms with Crippen molar-refractivity contribution >= 4 is 0 Å². The topological polar surface area (TPSA) is 103 Å². The molecule has 4 atom stereocenters. The fraction of sp³-hybridized carbons (Fsp3) is 0.333. The first-order chi connectivity index (χ1) is 14.0. The molecule has 0 aliphatic carbocycles. The maximum atomic E-state index is 13.1. The Morgan fingerprint density at radius 1 is 1.21 bits per heavy atom. The lowest BCUT2D eigenvalue weighted by Gasteiger charge is -2.22. The highest BCUT2D eigenvalue weighted by atomic mass is 16.6. The fourth-order valence-electron chi connectivity index (χ4n) is 3.23. The van der Waals surface area contributed by atoms with E-state index in [2.05, 4.69) is 11.8 Å². The van der Waals surface area contributed by atoms with Crippen LogP contribution in [-0.4, -0.2) is 50.9 Å². The van der Waals surface area contributed by atoms with Gasteiger partial charge < -0.3 is 19.7 Å². The number of aliphatic hydroxyl groups is 2. The number of benzene rings is 1. The van der Waals surface area contributed by atoms with Crippen molar-refractivity contribution in [1.82, 2.24) is 9.13 Å². The Morgan fingerprint density at radius 3 is 2.55 bits per heavy atom. The molecule has 1 aromatic heterocycles. The minimum absolute atomic E-state index is 0.00259. The molecule has 3 rings (SSSR count). The molecule has 150 valence electrons. The SMILES string of the molecule is C#CCOC1[C@@H](O)[C@@H](CO)O[C@H]1n1cc(C#C)c(=O)n(Cc2ccccc2)c1=O. The average Bonchev–Trinajstić information content (AvgIpc) is 3.05. The molecule has 2 heterocycles. The normalized spacial score (nSPS) is 23.4. The van der Waals surface area contributed by atoms with E-state index in [4.69, 9.17) is 22.3 Å². The van der Waals surface area contributed by atoms with Crippen LogP contribution in [-0.2, 0) is 16.0 Å². The van der Waals surface area contributed by atoms with Crippen LogP contribution in [0.1, 0.15) is 17.4 Å². The molecule has 0 bridgehead atoms. The third-order valence-corrected chi connectivity index (χ3v) is 4.66. The van der Waals surface area contributed by atoms with Gasteiger partial charge in [0, 0.05) is 6.20 Å². The van der Waals surface area contributed by atoms with Crippen LogP contribution in [0.4, 0.5) is 0 Å². The first-order valence-corrected chi connectivity index (χ1v) is 8.87. The van der Waals surface area contributed by atoms with Crippen LogP contribution < -0.4 is 11.2 Å². The number of hydrogen-bond donors (Lipinski definition) is 2. The number of hydrogen-bond acceptors (Lipinski definition) is 6. The Bertz CT molecular complexity index is 1060. The second kappa shape index (κ2) is 8.91. The average molecular weight is 396 g/mol. The smallest absolute Gasteiger partial charge is 0.333 e. The first kappa shape index (κ1) is 20.6. The van der Waals surface area contributed by atoms with Gasteiger partial charge in [-0.25, -0.2) is 4.79 Å². The maximum Gasteiger partial charge on any atom is 0.333 e. The van der Waals surface area contributed by atoms with Gasteiger partial charge in [-0.2, -0.15) is 0 Å². The summed E-state index contributed by atoms with van der Waals surface area (Å²) in [6.07, 6.45) is 7.50. The van der Waals surface area contributed by atoms with Crippen molar-refractivity contribution in [3.05, 3.63) is 68.5 Å². The van der Waals surface area contributed by atoms with Crippen LogP contribution in [0.2, 0.25) is 0 Å². The number of aliphatic hydroxyl groups excluding tert-OH is 2. The molecule has 0 amide bonds. The third kappa shape index (κ3) is 4.02. The number of ether oxygens (including phenoxy) is 2. The Kier molecular flexibility index (Phi) is 6.32. The van der Waals surface area contributed by atoms with Crippen molar-refractivity contribution in [2.24, 2.45) is 0 Å². The zero-order valence-corrected chi connectivity index (χ0v) is 15.5. The molecule has 0 spiro atoms. The minimum Gasteiger partial charge on any atom is -0.394 e. The Balaban J connectivity index is 2.10. The number of rotatable bonds is 6. The van der Waals surface area contributed by atoms with Crippen molar-refractivity contribution in [3.8, 4) is 24.7 Å². The second-order valence-corrected chi connectivity index (χ2v) is 6.47. The summed E-state index contributed by atoms with van der Waals surface area (Å²) in [7, 11) is 0. The van der Waals surface area contributed by atoms with Gasteiger partial charge in [-0.3, -0.25) is 13.9 Å². The van der Waals surface area contributed by atoms with E-state index in [1.54, 1.807) is 24.3 Å². The highest BCUT2D eigenvalue weighted by Crippen LogP contribution is 2.30. The molecule has 0 saturated carbocycles. The van der Waals surface area contributed by atoms with Crippen LogP contribution in [0.5, 0.6) is 0 Å². The highest BCUT2D eigenvalue weighted by Gasteiger charge is 2.46. The van der Waals surface area contributed by atoms with Gasteiger partial charge in [-0.05, 0) is 5.56 Å². The Labute approximate surface area is 166 Å². The van der Waals surface area contributed by atoms with Gasteiger partial charge in [0.05, 0.1) is 13.2 Å². The van der Waals surface area contributed by atoms with Crippen molar-refractivity contribution in [2.75, 3.05) is 13.2 Å². The summed E-state index contributed by atoms with van der Waals surface area (Å²) in [5.41, 5.74) is -0.631. The van der Waals surface area contributed by atoms with Gasteiger partial charge >= 0.3 is 5.69 Å². The molecule has 8 heteroatoms. The molecular formula is C21H20N2O6. The summed E-state index contributed by atoms with van der Waals surface area (Å²) in [6, 6.07) is 8.94. The molecule has 29 heavy (non-hydrogen) atoms. The summed E-state index contributed by atoms with van der Waals surface area (Å²) in [5.74, 6) is 4.56. The van der Waals surface area contributed by atoms with E-state index < -0.39 is 42.4 Å². The lowest BCUT2D eigenvalue weighted by atomic mass is 10.1. The summed E-state index contributed by atoms with van der Waals surface area (Å²) < 4.78 is 13.2. The quantitative estimate of drug-likeness (QED) is 0.627. The van der Waals surface area contributed by atoms with E-state index in [1.165, 1.54) is 6.20 Å². The van der Waals surface area contributed by atoms with Crippen molar-refractivity contribution < 1.29 is 19.7 Å². The van der Waals surface area contributed by atoms with E-state index in [0.29, 0.717) is 0 Å². The fourth-order valence-corrected chi connectivity index (χ4v) is 3.23. The van der Waals surface area contributed by atoms with Gasteiger partial charge in [0.2, 0.25) is 0 Å².